The van der Waals surface area contributed by atoms with E-state index in [0.717, 1.165) is 31.9 Å². The molecule has 8 heteroatoms. The summed E-state index contributed by atoms with van der Waals surface area (Å²) in [6.45, 7) is 3.98. The number of thiocarbonyl (C=S) groups is 1. The zero-order valence-corrected chi connectivity index (χ0v) is 14.5. The molecule has 0 unspecified atom stereocenters. The van der Waals surface area contributed by atoms with Gasteiger partial charge in [0.2, 0.25) is 0 Å². The van der Waals surface area contributed by atoms with Crippen molar-refractivity contribution in [2.75, 3.05) is 31.1 Å². The highest BCUT2D eigenvalue weighted by Crippen LogP contribution is 2.21. The van der Waals surface area contributed by atoms with Crippen LogP contribution in [-0.4, -0.2) is 42.4 Å². The summed E-state index contributed by atoms with van der Waals surface area (Å²) < 4.78 is 19.6. The van der Waals surface area contributed by atoms with E-state index >= 15 is 0 Å². The highest BCUT2D eigenvalue weighted by Gasteiger charge is 2.20. The number of para-hydroxylation sites is 1. The monoisotopic (exact) mass is 361 g/mol. The summed E-state index contributed by atoms with van der Waals surface area (Å²) in [6.07, 6.45) is 1.53. The number of benzene rings is 1. The van der Waals surface area contributed by atoms with E-state index in [1.165, 1.54) is 12.3 Å². The molecule has 2 aromatic rings. The highest BCUT2D eigenvalue weighted by molar-refractivity contribution is 7.80. The van der Waals surface area contributed by atoms with Crippen LogP contribution in [0.3, 0.4) is 0 Å². The Morgan fingerprint density at radius 2 is 2.00 bits per heavy atom. The Morgan fingerprint density at radius 1 is 1.24 bits per heavy atom. The summed E-state index contributed by atoms with van der Waals surface area (Å²) in [5, 5.41) is 3.97. The van der Waals surface area contributed by atoms with Crippen LogP contribution in [0, 0.1) is 5.82 Å². The largest absolute Gasteiger partial charge is 0.459 e. The SMILES string of the molecule is NC(=S)NN=Cc1ccc(CN2CCN(c3ccccc3F)CC2)o1. The van der Waals surface area contributed by atoms with Crippen molar-refractivity contribution in [1.82, 2.24) is 10.3 Å². The van der Waals surface area contributed by atoms with Gasteiger partial charge in [-0.15, -0.1) is 0 Å². The van der Waals surface area contributed by atoms with Gasteiger partial charge in [-0.3, -0.25) is 10.3 Å². The number of halogens is 1. The minimum absolute atomic E-state index is 0.107. The van der Waals surface area contributed by atoms with Gasteiger partial charge in [-0.2, -0.15) is 5.10 Å². The van der Waals surface area contributed by atoms with Crippen molar-refractivity contribution < 1.29 is 8.81 Å². The summed E-state index contributed by atoms with van der Waals surface area (Å²) in [7, 11) is 0. The Kier molecular flexibility index (Phi) is 5.62. The molecule has 1 aromatic heterocycles. The lowest BCUT2D eigenvalue weighted by Crippen LogP contribution is -2.46. The van der Waals surface area contributed by atoms with Gasteiger partial charge in [0.15, 0.2) is 5.11 Å². The number of hydrogen-bond acceptors (Lipinski definition) is 5. The van der Waals surface area contributed by atoms with Crippen LogP contribution < -0.4 is 16.1 Å². The third-order valence-electron chi connectivity index (χ3n) is 3.99. The summed E-state index contributed by atoms with van der Waals surface area (Å²) in [5.74, 6) is 1.32. The summed E-state index contributed by atoms with van der Waals surface area (Å²) in [4.78, 5) is 4.36. The molecule has 0 saturated carbocycles. The molecule has 6 nitrogen and oxygen atoms in total. The third-order valence-corrected chi connectivity index (χ3v) is 4.09. The molecular formula is C17H20FN5OS. The number of hydrogen-bond donors (Lipinski definition) is 2. The van der Waals surface area contributed by atoms with E-state index in [1.54, 1.807) is 6.07 Å². The van der Waals surface area contributed by atoms with E-state index in [0.29, 0.717) is 18.0 Å². The van der Waals surface area contributed by atoms with Crippen molar-refractivity contribution >= 4 is 29.2 Å². The van der Waals surface area contributed by atoms with Crippen molar-refractivity contribution in [3.05, 3.63) is 53.7 Å². The molecule has 0 aliphatic carbocycles. The minimum atomic E-state index is -0.170. The van der Waals surface area contributed by atoms with Crippen LogP contribution in [-0.2, 0) is 6.54 Å². The van der Waals surface area contributed by atoms with Crippen LogP contribution in [0.25, 0.3) is 0 Å². The zero-order chi connectivity index (χ0) is 17.6. The molecule has 0 atom stereocenters. The number of furan rings is 1. The van der Waals surface area contributed by atoms with Crippen molar-refractivity contribution in [3.8, 4) is 0 Å². The highest BCUT2D eigenvalue weighted by atomic mass is 32.1. The van der Waals surface area contributed by atoms with Crippen LogP contribution >= 0.6 is 12.2 Å². The first-order chi connectivity index (χ1) is 12.1. The van der Waals surface area contributed by atoms with Gasteiger partial charge in [0, 0.05) is 26.2 Å². The summed E-state index contributed by atoms with van der Waals surface area (Å²) in [5.41, 5.74) is 8.44. The van der Waals surface area contributed by atoms with E-state index in [1.807, 2.05) is 24.3 Å². The van der Waals surface area contributed by atoms with Gasteiger partial charge in [-0.25, -0.2) is 4.39 Å². The first kappa shape index (κ1) is 17.4. The van der Waals surface area contributed by atoms with E-state index < -0.39 is 0 Å². The average molecular weight is 361 g/mol. The molecule has 0 amide bonds. The first-order valence-corrected chi connectivity index (χ1v) is 8.42. The van der Waals surface area contributed by atoms with Crippen LogP contribution in [0.4, 0.5) is 10.1 Å². The topological polar surface area (TPSA) is 70.0 Å². The summed E-state index contributed by atoms with van der Waals surface area (Å²) in [6, 6.07) is 10.7. The number of hydrazone groups is 1. The van der Waals surface area contributed by atoms with Gasteiger partial charge < -0.3 is 15.1 Å². The molecule has 1 aliphatic rings. The molecule has 1 aliphatic heterocycles. The molecule has 1 fully saturated rings. The van der Waals surface area contributed by atoms with Crippen molar-refractivity contribution in [1.29, 1.82) is 0 Å². The standard InChI is InChI=1S/C17H20FN5OS/c18-15-3-1-2-4-16(15)23-9-7-22(8-10-23)12-14-6-5-13(24-14)11-20-21-17(19)25/h1-6,11H,7-10,12H2,(H3,19,21,25). The number of rotatable bonds is 5. The van der Waals surface area contributed by atoms with Crippen LogP contribution in [0.5, 0.6) is 0 Å². The normalized spacial score (nSPS) is 15.6. The average Bonchev–Trinajstić information content (AvgIpc) is 3.03. The van der Waals surface area contributed by atoms with Gasteiger partial charge in [-0.05, 0) is 36.5 Å². The Labute approximate surface area is 151 Å². The van der Waals surface area contributed by atoms with Crippen LogP contribution in [0.15, 0.2) is 45.9 Å². The minimum Gasteiger partial charge on any atom is -0.459 e. The number of nitrogens with zero attached hydrogens (tertiary/aromatic N) is 3. The second kappa shape index (κ2) is 8.09. The molecule has 1 saturated heterocycles. The molecule has 2 heterocycles. The van der Waals surface area contributed by atoms with Crippen LogP contribution in [0.1, 0.15) is 11.5 Å². The van der Waals surface area contributed by atoms with Gasteiger partial charge in [0.1, 0.15) is 17.3 Å². The lowest BCUT2D eigenvalue weighted by Gasteiger charge is -2.35. The molecular weight excluding hydrogens is 341 g/mol. The van der Waals surface area contributed by atoms with Gasteiger partial charge >= 0.3 is 0 Å². The van der Waals surface area contributed by atoms with E-state index in [2.05, 4.69) is 32.5 Å². The van der Waals surface area contributed by atoms with Crippen molar-refractivity contribution in [2.45, 2.75) is 6.54 Å². The number of anilines is 1. The zero-order valence-electron chi connectivity index (χ0n) is 13.7. The molecule has 3 rings (SSSR count). The second-order valence-corrected chi connectivity index (χ2v) is 6.19. The fourth-order valence-corrected chi connectivity index (χ4v) is 2.84. The molecule has 0 radical (unpaired) electrons. The lowest BCUT2D eigenvalue weighted by atomic mass is 10.2. The Bertz CT molecular complexity index is 755. The van der Waals surface area contributed by atoms with Crippen molar-refractivity contribution in [2.24, 2.45) is 10.8 Å². The van der Waals surface area contributed by atoms with E-state index in [4.69, 9.17) is 10.2 Å². The van der Waals surface area contributed by atoms with Crippen molar-refractivity contribution in [3.63, 3.8) is 0 Å². The maximum Gasteiger partial charge on any atom is 0.184 e. The van der Waals surface area contributed by atoms with Gasteiger partial charge in [-0.1, -0.05) is 12.1 Å². The smallest absolute Gasteiger partial charge is 0.184 e. The Balaban J connectivity index is 1.51. The van der Waals surface area contributed by atoms with Gasteiger partial charge in [0.05, 0.1) is 18.4 Å². The quantitative estimate of drug-likeness (QED) is 0.482. The molecule has 25 heavy (non-hydrogen) atoms. The molecule has 1 aromatic carbocycles. The van der Waals surface area contributed by atoms with Crippen LogP contribution in [0.2, 0.25) is 0 Å². The van der Waals surface area contributed by atoms with E-state index in [9.17, 15) is 4.39 Å². The molecule has 0 spiro atoms. The predicted octanol–water partition coefficient (Wildman–Crippen LogP) is 1.91. The third kappa shape index (κ3) is 4.77. The number of piperazine rings is 1. The second-order valence-electron chi connectivity index (χ2n) is 5.75. The first-order valence-electron chi connectivity index (χ1n) is 8.01. The number of nitrogens with one attached hydrogen (secondary N) is 1. The lowest BCUT2D eigenvalue weighted by molar-refractivity contribution is 0.230. The fourth-order valence-electron chi connectivity index (χ4n) is 2.78. The number of nitrogens with two attached hydrogens (primary N) is 1. The predicted molar refractivity (Wildman–Crippen MR) is 100 cm³/mol. The molecule has 0 bridgehead atoms. The maximum absolute atomic E-state index is 13.9. The van der Waals surface area contributed by atoms with Gasteiger partial charge in [0.25, 0.3) is 0 Å². The fraction of sp³-hybridized carbons (Fsp3) is 0.294. The Hall–Kier alpha value is -2.45. The van der Waals surface area contributed by atoms with E-state index in [-0.39, 0.29) is 10.9 Å². The molecule has 132 valence electrons. The molecule has 3 N–H and O–H groups in total. The Morgan fingerprint density at radius 3 is 2.72 bits per heavy atom. The maximum atomic E-state index is 13.9. The summed E-state index contributed by atoms with van der Waals surface area (Å²) >= 11 is 4.67.